The van der Waals surface area contributed by atoms with Gasteiger partial charge in [0.1, 0.15) is 11.5 Å². The standard InChI is InChI=1S/C36H49N3O9S2/c1-25-10-15-31(16-11-25)49(42,43)37-29-12-19-34-33(21-29)36(41)39(27(3)24-40)22-26(2)35(47-20-8-7-9-28(4)48-34)23-38(5)50(44,45)32-17-13-30(46-6)14-18-32/h10-19,21,26-28,35,37,40H,7-9,20,22-24H2,1-6H3/t26-,27+,28-,35+/m1/s1. The van der Waals surface area contributed by atoms with Crippen molar-refractivity contribution in [1.82, 2.24) is 9.21 Å². The first kappa shape index (κ1) is 39.1. The van der Waals surface area contributed by atoms with E-state index in [1.54, 1.807) is 43.3 Å². The number of aliphatic hydroxyl groups is 1. The van der Waals surface area contributed by atoms with E-state index in [2.05, 4.69) is 4.72 Å². The normalized spacial score (nSPS) is 20.4. The number of likely N-dealkylation sites (N-methyl/N-ethyl adjacent to an activating group) is 1. The lowest BCUT2D eigenvalue weighted by atomic mass is 10.0. The molecule has 1 amide bonds. The minimum absolute atomic E-state index is 0.0199. The summed E-state index contributed by atoms with van der Waals surface area (Å²) in [6.07, 6.45) is 1.24. The molecule has 3 aromatic carbocycles. The molecule has 1 heterocycles. The summed E-state index contributed by atoms with van der Waals surface area (Å²) in [5.41, 5.74) is 1.21. The van der Waals surface area contributed by atoms with Crippen LogP contribution in [0.4, 0.5) is 5.69 Å². The van der Waals surface area contributed by atoms with E-state index in [0.29, 0.717) is 30.9 Å². The van der Waals surface area contributed by atoms with Crippen molar-refractivity contribution in [2.24, 2.45) is 5.92 Å². The molecule has 4 atom stereocenters. The van der Waals surface area contributed by atoms with Crippen LogP contribution in [0.1, 0.15) is 56.0 Å². The number of benzene rings is 3. The Morgan fingerprint density at radius 2 is 1.66 bits per heavy atom. The number of hydrogen-bond acceptors (Lipinski definition) is 9. The van der Waals surface area contributed by atoms with Gasteiger partial charge in [0.2, 0.25) is 10.0 Å². The summed E-state index contributed by atoms with van der Waals surface area (Å²) in [4.78, 5) is 16.1. The number of aryl methyl sites for hydroxylation is 1. The highest BCUT2D eigenvalue weighted by Gasteiger charge is 2.32. The lowest BCUT2D eigenvalue weighted by molar-refractivity contribution is -0.00833. The van der Waals surface area contributed by atoms with Crippen LogP contribution < -0.4 is 14.2 Å². The average molecular weight is 732 g/mol. The second-order valence-corrected chi connectivity index (χ2v) is 16.6. The second-order valence-electron chi connectivity index (χ2n) is 12.9. The second kappa shape index (κ2) is 17.0. The number of methoxy groups -OCH3 is 1. The van der Waals surface area contributed by atoms with Gasteiger partial charge in [0.05, 0.1) is 47.3 Å². The largest absolute Gasteiger partial charge is 0.497 e. The molecule has 0 radical (unpaired) electrons. The van der Waals surface area contributed by atoms with Gasteiger partial charge in [0, 0.05) is 38.3 Å². The zero-order valence-corrected chi connectivity index (χ0v) is 31.2. The number of nitrogens with zero attached hydrogens (tertiary/aromatic N) is 2. The molecular formula is C36H49N3O9S2. The van der Waals surface area contributed by atoms with Crippen LogP contribution in [0.25, 0.3) is 0 Å². The van der Waals surface area contributed by atoms with E-state index in [4.69, 9.17) is 14.2 Å². The molecule has 1 aliphatic heterocycles. The number of ether oxygens (including phenoxy) is 3. The van der Waals surface area contributed by atoms with Gasteiger partial charge < -0.3 is 24.2 Å². The summed E-state index contributed by atoms with van der Waals surface area (Å²) in [6, 6.07) is 16.5. The van der Waals surface area contributed by atoms with Gasteiger partial charge in [-0.25, -0.2) is 16.8 Å². The Morgan fingerprint density at radius 3 is 2.30 bits per heavy atom. The lowest BCUT2D eigenvalue weighted by Crippen LogP contribution is -2.48. The Balaban J connectivity index is 1.66. The van der Waals surface area contributed by atoms with Gasteiger partial charge in [-0.3, -0.25) is 9.52 Å². The van der Waals surface area contributed by atoms with Crippen molar-refractivity contribution < 1.29 is 40.9 Å². The maximum absolute atomic E-state index is 14.4. The summed E-state index contributed by atoms with van der Waals surface area (Å²) in [5.74, 6) is -0.0314. The van der Waals surface area contributed by atoms with Crippen LogP contribution in [-0.2, 0) is 24.8 Å². The highest BCUT2D eigenvalue weighted by Crippen LogP contribution is 2.30. The van der Waals surface area contributed by atoms with Gasteiger partial charge in [-0.2, -0.15) is 4.31 Å². The molecule has 0 aliphatic carbocycles. The molecule has 0 saturated carbocycles. The van der Waals surface area contributed by atoms with E-state index in [1.807, 2.05) is 20.8 Å². The van der Waals surface area contributed by atoms with Crippen LogP contribution in [0, 0.1) is 12.8 Å². The zero-order valence-electron chi connectivity index (χ0n) is 29.5. The lowest BCUT2D eigenvalue weighted by Gasteiger charge is -2.35. The highest BCUT2D eigenvalue weighted by molar-refractivity contribution is 7.92. The number of fused-ring (bicyclic) bond motifs is 1. The summed E-state index contributed by atoms with van der Waals surface area (Å²) < 4.78 is 75.1. The number of carbonyl (C=O) groups excluding carboxylic acids is 1. The van der Waals surface area contributed by atoms with Crippen LogP contribution in [0.15, 0.2) is 76.5 Å². The average Bonchev–Trinajstić information content (AvgIpc) is 3.09. The molecule has 0 fully saturated rings. The molecular weight excluding hydrogens is 683 g/mol. The number of anilines is 1. The third-order valence-electron chi connectivity index (χ3n) is 8.84. The van der Waals surface area contributed by atoms with Gasteiger partial charge in [0.15, 0.2) is 0 Å². The number of aliphatic hydroxyl groups excluding tert-OH is 1. The maximum atomic E-state index is 14.4. The van der Waals surface area contributed by atoms with Crippen molar-refractivity contribution >= 4 is 31.6 Å². The number of carbonyl (C=O) groups is 1. The van der Waals surface area contributed by atoms with Crippen LogP contribution in [0.2, 0.25) is 0 Å². The molecule has 0 unspecified atom stereocenters. The number of nitrogens with one attached hydrogen (secondary N) is 1. The Kier molecular flexibility index (Phi) is 13.3. The van der Waals surface area contributed by atoms with Gasteiger partial charge in [-0.15, -0.1) is 0 Å². The summed E-state index contributed by atoms with van der Waals surface area (Å²) >= 11 is 0. The fourth-order valence-electron chi connectivity index (χ4n) is 5.66. The number of amides is 1. The molecule has 0 spiro atoms. The molecule has 0 saturated heterocycles. The molecule has 0 aromatic heterocycles. The summed E-state index contributed by atoms with van der Waals surface area (Å²) in [6.45, 7) is 7.50. The summed E-state index contributed by atoms with van der Waals surface area (Å²) in [7, 11) is -4.84. The Bertz CT molecular complexity index is 1800. The number of hydrogen-bond donors (Lipinski definition) is 2. The van der Waals surface area contributed by atoms with Crippen LogP contribution in [0.5, 0.6) is 11.5 Å². The van der Waals surface area contributed by atoms with E-state index in [0.717, 1.165) is 12.0 Å². The monoisotopic (exact) mass is 731 g/mol. The van der Waals surface area contributed by atoms with E-state index in [9.17, 15) is 26.7 Å². The van der Waals surface area contributed by atoms with Crippen molar-refractivity contribution in [1.29, 1.82) is 0 Å². The smallest absolute Gasteiger partial charge is 0.261 e. The third kappa shape index (κ3) is 9.75. The van der Waals surface area contributed by atoms with Crippen molar-refractivity contribution in [2.45, 2.75) is 75.0 Å². The quantitative estimate of drug-likeness (QED) is 0.296. The van der Waals surface area contributed by atoms with Crippen LogP contribution in [-0.4, -0.2) is 95.8 Å². The maximum Gasteiger partial charge on any atom is 0.261 e. The van der Waals surface area contributed by atoms with Gasteiger partial charge in [-0.1, -0.05) is 24.6 Å². The Hall–Kier alpha value is -3.69. The molecule has 0 bridgehead atoms. The molecule has 2 N–H and O–H groups in total. The van der Waals surface area contributed by atoms with Gasteiger partial charge in [-0.05, 0) is 94.6 Å². The topological polar surface area (TPSA) is 152 Å². The van der Waals surface area contributed by atoms with E-state index >= 15 is 0 Å². The van der Waals surface area contributed by atoms with E-state index in [-0.39, 0.29) is 52.8 Å². The number of rotatable bonds is 10. The molecule has 12 nitrogen and oxygen atoms in total. The van der Waals surface area contributed by atoms with Crippen molar-refractivity contribution in [3.05, 3.63) is 77.9 Å². The van der Waals surface area contributed by atoms with E-state index < -0.39 is 38.1 Å². The van der Waals surface area contributed by atoms with E-state index in [1.165, 1.54) is 53.7 Å². The van der Waals surface area contributed by atoms with Gasteiger partial charge >= 0.3 is 0 Å². The number of sulfonamides is 2. The first-order chi connectivity index (χ1) is 23.7. The minimum Gasteiger partial charge on any atom is -0.497 e. The first-order valence-corrected chi connectivity index (χ1v) is 19.6. The first-order valence-electron chi connectivity index (χ1n) is 16.7. The molecule has 50 heavy (non-hydrogen) atoms. The summed E-state index contributed by atoms with van der Waals surface area (Å²) in [5, 5.41) is 10.2. The minimum atomic E-state index is -3.96. The van der Waals surface area contributed by atoms with Crippen molar-refractivity contribution in [3.63, 3.8) is 0 Å². The molecule has 3 aromatic rings. The van der Waals surface area contributed by atoms with Crippen molar-refractivity contribution in [3.8, 4) is 11.5 Å². The predicted molar refractivity (Wildman–Crippen MR) is 192 cm³/mol. The van der Waals surface area contributed by atoms with Crippen molar-refractivity contribution in [2.75, 3.05) is 45.2 Å². The molecule has 1 aliphatic rings. The Morgan fingerprint density at radius 1 is 1.00 bits per heavy atom. The molecule has 4 rings (SSSR count). The third-order valence-corrected chi connectivity index (χ3v) is 12.1. The predicted octanol–water partition coefficient (Wildman–Crippen LogP) is 4.92. The van der Waals surface area contributed by atoms with Crippen LogP contribution in [0.3, 0.4) is 0 Å². The fraction of sp³-hybridized carbons (Fsp3) is 0.472. The highest BCUT2D eigenvalue weighted by atomic mass is 32.2. The van der Waals surface area contributed by atoms with Gasteiger partial charge in [0.25, 0.3) is 15.9 Å². The molecule has 274 valence electrons. The Labute approximate surface area is 296 Å². The van der Waals surface area contributed by atoms with Crippen LogP contribution >= 0.6 is 0 Å². The fourth-order valence-corrected chi connectivity index (χ4v) is 7.89. The molecule has 14 heteroatoms. The SMILES string of the molecule is COc1ccc(S(=O)(=O)N(C)C[C@@H]2OCCCC[C@@H](C)Oc3ccc(NS(=O)(=O)c4ccc(C)cc4)cc3C(=O)N([C@@H](C)CO)C[C@H]2C)cc1. The zero-order chi connectivity index (χ0) is 36.6.